The third kappa shape index (κ3) is 3.99. The molecule has 4 aromatic rings. The molecule has 0 aliphatic rings. The van der Waals surface area contributed by atoms with Crippen LogP contribution in [0.25, 0.3) is 21.3 Å². The highest BCUT2D eigenvalue weighted by Crippen LogP contribution is 2.29. The van der Waals surface area contributed by atoms with E-state index in [4.69, 9.17) is 11.6 Å². The summed E-state index contributed by atoms with van der Waals surface area (Å²) in [6.45, 7) is 1.78. The lowest BCUT2D eigenvalue weighted by Gasteiger charge is -2.04. The van der Waals surface area contributed by atoms with Crippen LogP contribution < -0.4 is 5.43 Å². The van der Waals surface area contributed by atoms with E-state index in [-0.39, 0.29) is 11.7 Å². The van der Waals surface area contributed by atoms with Gasteiger partial charge in [-0.05, 0) is 35.9 Å². The zero-order chi connectivity index (χ0) is 20.4. The first-order valence-electron chi connectivity index (χ1n) is 8.80. The highest BCUT2D eigenvalue weighted by molar-refractivity contribution is 7.17. The number of aryl methyl sites for hydroxylation is 1. The fourth-order valence-corrected chi connectivity index (χ4v) is 4.04. The summed E-state index contributed by atoms with van der Waals surface area (Å²) in [5.41, 5.74) is 4.59. The van der Waals surface area contributed by atoms with Crippen LogP contribution in [0.2, 0.25) is 5.02 Å². The highest BCUT2D eigenvalue weighted by atomic mass is 35.5. The molecule has 4 rings (SSSR count). The molecule has 0 fully saturated rings. The molecule has 0 unspecified atom stereocenters. The Morgan fingerprint density at radius 3 is 2.69 bits per heavy atom. The molecule has 7 heteroatoms. The topological polar surface area (TPSA) is 74.6 Å². The van der Waals surface area contributed by atoms with Crippen molar-refractivity contribution < 1.29 is 9.90 Å². The van der Waals surface area contributed by atoms with Crippen molar-refractivity contribution in [1.29, 1.82) is 0 Å². The van der Waals surface area contributed by atoms with E-state index in [9.17, 15) is 9.90 Å². The first kappa shape index (κ1) is 19.1. The number of carbonyl (C=O) groups is 1. The number of nitrogens with zero attached hydrogens (tertiary/aromatic N) is 2. The van der Waals surface area contributed by atoms with Crippen LogP contribution >= 0.6 is 22.9 Å². The van der Waals surface area contributed by atoms with Crippen LogP contribution in [-0.2, 0) is 0 Å². The Labute approximate surface area is 176 Å². The maximum atomic E-state index is 12.6. The van der Waals surface area contributed by atoms with Crippen molar-refractivity contribution >= 4 is 45.8 Å². The summed E-state index contributed by atoms with van der Waals surface area (Å²) in [4.78, 5) is 17.5. The van der Waals surface area contributed by atoms with Crippen LogP contribution in [0.4, 0.5) is 0 Å². The normalized spacial score (nSPS) is 11.2. The summed E-state index contributed by atoms with van der Waals surface area (Å²) in [5.74, 6) is -0.253. The maximum absolute atomic E-state index is 12.6. The second-order valence-electron chi connectivity index (χ2n) is 6.36. The first-order valence-corrected chi connectivity index (χ1v) is 10.00. The number of phenols is 1. The molecule has 0 spiro atoms. The standard InChI is InChI=1S/C22H16ClN3O2S/c1-13-20(29-22(25-13)15-6-9-16(23)10-7-15)21(28)26-24-12-18-17-5-3-2-4-14(17)8-11-19(18)27/h2-12,27H,1H3,(H,26,28)/b24-12+. The number of phenolic OH excluding ortho intramolecular Hbond substituents is 1. The van der Waals surface area contributed by atoms with Gasteiger partial charge in [0.15, 0.2) is 0 Å². The summed E-state index contributed by atoms with van der Waals surface area (Å²) in [5, 5.41) is 17.4. The lowest BCUT2D eigenvalue weighted by molar-refractivity contribution is 0.0958. The minimum absolute atomic E-state index is 0.0979. The first-order chi connectivity index (χ1) is 14.0. The van der Waals surface area contributed by atoms with E-state index >= 15 is 0 Å². The van der Waals surface area contributed by atoms with Crippen molar-refractivity contribution in [2.75, 3.05) is 0 Å². The summed E-state index contributed by atoms with van der Waals surface area (Å²) < 4.78 is 0. The quantitative estimate of drug-likeness (QED) is 0.342. The van der Waals surface area contributed by atoms with Gasteiger partial charge in [-0.1, -0.05) is 54.1 Å². The molecular weight excluding hydrogens is 406 g/mol. The third-order valence-electron chi connectivity index (χ3n) is 4.40. The SMILES string of the molecule is Cc1nc(-c2ccc(Cl)cc2)sc1C(=O)N/N=C/c1c(O)ccc2ccccc12. The molecule has 29 heavy (non-hydrogen) atoms. The number of hydrogen-bond acceptors (Lipinski definition) is 5. The Bertz CT molecular complexity index is 1230. The van der Waals surface area contributed by atoms with Crippen molar-refractivity contribution in [3.05, 3.63) is 81.8 Å². The summed E-state index contributed by atoms with van der Waals surface area (Å²) in [6.07, 6.45) is 1.45. The smallest absolute Gasteiger partial charge is 0.283 e. The molecule has 3 aromatic carbocycles. The maximum Gasteiger partial charge on any atom is 0.283 e. The van der Waals surface area contributed by atoms with E-state index in [2.05, 4.69) is 15.5 Å². The monoisotopic (exact) mass is 421 g/mol. The van der Waals surface area contributed by atoms with Crippen LogP contribution in [-0.4, -0.2) is 22.2 Å². The Balaban J connectivity index is 1.55. The number of amides is 1. The molecule has 1 aromatic heterocycles. The molecule has 144 valence electrons. The van der Waals surface area contributed by atoms with Crippen LogP contribution in [0.1, 0.15) is 20.9 Å². The number of benzene rings is 3. The van der Waals surface area contributed by atoms with E-state index in [0.29, 0.717) is 21.2 Å². The summed E-state index contributed by atoms with van der Waals surface area (Å²) in [6, 6.07) is 18.4. The zero-order valence-electron chi connectivity index (χ0n) is 15.4. The van der Waals surface area contributed by atoms with Crippen LogP contribution in [0.15, 0.2) is 65.8 Å². The van der Waals surface area contributed by atoms with Gasteiger partial charge in [-0.25, -0.2) is 10.4 Å². The minimum atomic E-state index is -0.351. The molecule has 0 saturated carbocycles. The Morgan fingerprint density at radius 1 is 1.14 bits per heavy atom. The van der Waals surface area contributed by atoms with Crippen molar-refractivity contribution in [2.24, 2.45) is 5.10 Å². The van der Waals surface area contributed by atoms with Gasteiger partial charge in [-0.15, -0.1) is 11.3 Å². The van der Waals surface area contributed by atoms with Crippen LogP contribution in [0.3, 0.4) is 0 Å². The van der Waals surface area contributed by atoms with E-state index in [1.807, 2.05) is 42.5 Å². The molecule has 1 heterocycles. The molecule has 0 aliphatic heterocycles. The second-order valence-corrected chi connectivity index (χ2v) is 7.79. The zero-order valence-corrected chi connectivity index (χ0v) is 17.0. The molecule has 1 amide bonds. The predicted molar refractivity (Wildman–Crippen MR) is 118 cm³/mol. The molecule has 5 nitrogen and oxygen atoms in total. The lowest BCUT2D eigenvalue weighted by atomic mass is 10.0. The molecule has 0 bridgehead atoms. The number of rotatable bonds is 4. The average molecular weight is 422 g/mol. The molecule has 0 atom stereocenters. The van der Waals surface area contributed by atoms with Gasteiger partial charge in [0.05, 0.1) is 11.9 Å². The van der Waals surface area contributed by atoms with Gasteiger partial charge < -0.3 is 5.11 Å². The van der Waals surface area contributed by atoms with Gasteiger partial charge in [0.25, 0.3) is 5.91 Å². The number of hydrogen-bond donors (Lipinski definition) is 2. The van der Waals surface area contributed by atoms with Crippen molar-refractivity contribution in [3.63, 3.8) is 0 Å². The fraction of sp³-hybridized carbons (Fsp3) is 0.0455. The van der Waals surface area contributed by atoms with E-state index in [0.717, 1.165) is 21.3 Å². The summed E-state index contributed by atoms with van der Waals surface area (Å²) in [7, 11) is 0. The fourth-order valence-electron chi connectivity index (χ4n) is 2.95. The number of thiazole rings is 1. The highest BCUT2D eigenvalue weighted by Gasteiger charge is 2.16. The van der Waals surface area contributed by atoms with Crippen LogP contribution in [0, 0.1) is 6.92 Å². The van der Waals surface area contributed by atoms with Gasteiger partial charge in [0.2, 0.25) is 0 Å². The van der Waals surface area contributed by atoms with Gasteiger partial charge >= 0.3 is 0 Å². The van der Waals surface area contributed by atoms with E-state index in [1.165, 1.54) is 17.6 Å². The predicted octanol–water partition coefficient (Wildman–Crippen LogP) is 5.39. The van der Waals surface area contributed by atoms with Gasteiger partial charge in [-0.2, -0.15) is 5.10 Å². The molecule has 0 aliphatic carbocycles. The number of nitrogens with one attached hydrogen (secondary N) is 1. The largest absolute Gasteiger partial charge is 0.507 e. The van der Waals surface area contributed by atoms with Crippen molar-refractivity contribution in [2.45, 2.75) is 6.92 Å². The van der Waals surface area contributed by atoms with Gasteiger partial charge in [0, 0.05) is 16.1 Å². The van der Waals surface area contributed by atoms with E-state index < -0.39 is 0 Å². The Hall–Kier alpha value is -3.22. The van der Waals surface area contributed by atoms with E-state index in [1.54, 1.807) is 25.1 Å². The second kappa shape index (κ2) is 8.03. The average Bonchev–Trinajstić information content (AvgIpc) is 3.12. The Kier molecular flexibility index (Phi) is 5.29. The number of aromatic nitrogens is 1. The Morgan fingerprint density at radius 2 is 1.90 bits per heavy atom. The van der Waals surface area contributed by atoms with Gasteiger partial charge in [-0.3, -0.25) is 4.79 Å². The minimum Gasteiger partial charge on any atom is -0.507 e. The molecule has 0 saturated heterocycles. The molecular formula is C22H16ClN3O2S. The number of fused-ring (bicyclic) bond motifs is 1. The lowest BCUT2D eigenvalue weighted by Crippen LogP contribution is -2.17. The number of carbonyl (C=O) groups excluding carboxylic acids is 1. The van der Waals surface area contributed by atoms with Crippen molar-refractivity contribution in [1.82, 2.24) is 10.4 Å². The molecule has 2 N–H and O–H groups in total. The number of aromatic hydroxyl groups is 1. The molecule has 0 radical (unpaired) electrons. The summed E-state index contributed by atoms with van der Waals surface area (Å²) >= 11 is 7.22. The number of hydrazone groups is 1. The van der Waals surface area contributed by atoms with Gasteiger partial charge in [0.1, 0.15) is 15.6 Å². The number of halogens is 1. The third-order valence-corrected chi connectivity index (χ3v) is 5.86. The van der Waals surface area contributed by atoms with Crippen LogP contribution in [0.5, 0.6) is 5.75 Å². The van der Waals surface area contributed by atoms with Crippen molar-refractivity contribution in [3.8, 4) is 16.3 Å².